The first-order valence-electron chi connectivity index (χ1n) is 6.23. The number of nitrogens with zero attached hydrogens (tertiary/aromatic N) is 4. The molecule has 0 radical (unpaired) electrons. The minimum Gasteiger partial charge on any atom is -0.411 e. The van der Waals surface area contributed by atoms with Gasteiger partial charge in [-0.05, 0) is 23.7 Å². The average molecular weight is 339 g/mol. The summed E-state index contributed by atoms with van der Waals surface area (Å²) >= 11 is 8.75. The van der Waals surface area contributed by atoms with Crippen LogP contribution in [0.2, 0.25) is 5.02 Å². The predicted molar refractivity (Wildman–Crippen MR) is 82.9 cm³/mol. The van der Waals surface area contributed by atoms with E-state index in [1.165, 1.54) is 23.3 Å². The van der Waals surface area contributed by atoms with Gasteiger partial charge >= 0.3 is 0 Å². The SMILES string of the molecule is CC(C)c1nsc(Sc2nnc(-c3ccccc3Cl)o2)n1. The molecule has 0 saturated carbocycles. The van der Waals surface area contributed by atoms with Gasteiger partial charge in [-0.25, -0.2) is 4.98 Å². The maximum absolute atomic E-state index is 6.11. The van der Waals surface area contributed by atoms with Gasteiger partial charge in [0.15, 0.2) is 4.34 Å². The standard InChI is InChI=1S/C13H11ClN4OS2/c1-7(2)10-15-13(21-18-10)20-12-17-16-11(19-12)8-5-3-4-6-9(8)14/h3-7H,1-2H3. The first-order chi connectivity index (χ1) is 10.1. The van der Waals surface area contributed by atoms with Crippen molar-refractivity contribution >= 4 is 34.9 Å². The molecule has 3 aromatic rings. The molecule has 0 atom stereocenters. The van der Waals surface area contributed by atoms with Crippen LogP contribution in [0.1, 0.15) is 25.6 Å². The Labute approximate surface area is 134 Å². The van der Waals surface area contributed by atoms with E-state index in [1.807, 2.05) is 18.2 Å². The first-order valence-corrected chi connectivity index (χ1v) is 8.20. The van der Waals surface area contributed by atoms with E-state index in [1.54, 1.807) is 6.07 Å². The number of halogens is 1. The Morgan fingerprint density at radius 2 is 2.05 bits per heavy atom. The molecule has 2 aromatic heterocycles. The number of aromatic nitrogens is 4. The Morgan fingerprint density at radius 1 is 1.24 bits per heavy atom. The maximum Gasteiger partial charge on any atom is 0.284 e. The van der Waals surface area contributed by atoms with Gasteiger partial charge in [0, 0.05) is 17.7 Å². The molecule has 0 aliphatic heterocycles. The van der Waals surface area contributed by atoms with Gasteiger partial charge in [0.1, 0.15) is 5.82 Å². The first kappa shape index (κ1) is 14.5. The Morgan fingerprint density at radius 3 is 2.76 bits per heavy atom. The van der Waals surface area contributed by atoms with Crippen molar-refractivity contribution < 1.29 is 4.42 Å². The van der Waals surface area contributed by atoms with Crippen molar-refractivity contribution in [3.8, 4) is 11.5 Å². The molecule has 0 spiro atoms. The normalized spacial score (nSPS) is 11.2. The van der Waals surface area contributed by atoms with Crippen LogP contribution in [0.3, 0.4) is 0 Å². The molecule has 3 rings (SSSR count). The molecule has 0 amide bonds. The summed E-state index contributed by atoms with van der Waals surface area (Å²) in [5, 5.41) is 9.04. The van der Waals surface area contributed by atoms with E-state index in [0.717, 1.165) is 15.7 Å². The molecule has 0 aliphatic carbocycles. The van der Waals surface area contributed by atoms with Crippen LogP contribution in [-0.2, 0) is 0 Å². The van der Waals surface area contributed by atoms with Crippen molar-refractivity contribution in [1.82, 2.24) is 19.6 Å². The van der Waals surface area contributed by atoms with Crippen molar-refractivity contribution in [2.24, 2.45) is 0 Å². The van der Waals surface area contributed by atoms with E-state index < -0.39 is 0 Å². The van der Waals surface area contributed by atoms with Crippen molar-refractivity contribution in [2.45, 2.75) is 29.3 Å². The molecule has 0 saturated heterocycles. The lowest BCUT2D eigenvalue weighted by Gasteiger charge is -1.96. The van der Waals surface area contributed by atoms with Crippen molar-refractivity contribution in [1.29, 1.82) is 0 Å². The Kier molecular flexibility index (Phi) is 4.23. The molecule has 0 N–H and O–H groups in total. The van der Waals surface area contributed by atoms with E-state index in [2.05, 4.69) is 33.4 Å². The zero-order chi connectivity index (χ0) is 14.8. The molecule has 5 nitrogen and oxygen atoms in total. The highest BCUT2D eigenvalue weighted by Gasteiger charge is 2.15. The maximum atomic E-state index is 6.11. The van der Waals surface area contributed by atoms with Crippen LogP contribution >= 0.6 is 34.9 Å². The second kappa shape index (κ2) is 6.13. The van der Waals surface area contributed by atoms with Gasteiger partial charge in [-0.1, -0.05) is 37.6 Å². The highest BCUT2D eigenvalue weighted by Crippen LogP contribution is 2.32. The average Bonchev–Trinajstić information content (AvgIpc) is 3.09. The van der Waals surface area contributed by atoms with Gasteiger partial charge in [0.25, 0.3) is 5.22 Å². The van der Waals surface area contributed by atoms with Gasteiger partial charge in [0.05, 0.1) is 10.6 Å². The zero-order valence-electron chi connectivity index (χ0n) is 11.3. The van der Waals surface area contributed by atoms with E-state index in [9.17, 15) is 0 Å². The van der Waals surface area contributed by atoms with Gasteiger partial charge in [-0.3, -0.25) is 0 Å². The third-order valence-electron chi connectivity index (χ3n) is 2.62. The molecule has 21 heavy (non-hydrogen) atoms. The van der Waals surface area contributed by atoms with Crippen molar-refractivity contribution in [2.75, 3.05) is 0 Å². The van der Waals surface area contributed by atoms with Crippen LogP contribution in [-0.4, -0.2) is 19.6 Å². The Hall–Kier alpha value is -1.44. The van der Waals surface area contributed by atoms with Crippen LogP contribution in [0.4, 0.5) is 0 Å². The van der Waals surface area contributed by atoms with Gasteiger partial charge in [-0.2, -0.15) is 4.37 Å². The zero-order valence-corrected chi connectivity index (χ0v) is 13.7. The van der Waals surface area contributed by atoms with Crippen LogP contribution in [0.15, 0.2) is 38.2 Å². The lowest BCUT2D eigenvalue weighted by Crippen LogP contribution is -1.88. The van der Waals surface area contributed by atoms with Crippen LogP contribution in [0, 0.1) is 0 Å². The van der Waals surface area contributed by atoms with E-state index in [0.29, 0.717) is 22.1 Å². The molecule has 2 heterocycles. The predicted octanol–water partition coefficient (Wildman–Crippen LogP) is 4.52. The van der Waals surface area contributed by atoms with Crippen molar-refractivity contribution in [3.05, 3.63) is 35.1 Å². The van der Waals surface area contributed by atoms with Crippen LogP contribution in [0.5, 0.6) is 0 Å². The van der Waals surface area contributed by atoms with Crippen molar-refractivity contribution in [3.63, 3.8) is 0 Å². The lowest BCUT2D eigenvalue weighted by atomic mass is 10.2. The molecule has 0 fully saturated rings. The molecule has 0 bridgehead atoms. The second-order valence-electron chi connectivity index (χ2n) is 4.53. The fourth-order valence-corrected chi connectivity index (χ4v) is 3.31. The molecule has 0 unspecified atom stereocenters. The van der Waals surface area contributed by atoms with Crippen LogP contribution in [0.25, 0.3) is 11.5 Å². The molecule has 1 aromatic carbocycles. The molecule has 8 heteroatoms. The molecular weight excluding hydrogens is 328 g/mol. The summed E-state index contributed by atoms with van der Waals surface area (Å²) in [7, 11) is 0. The number of rotatable bonds is 4. The van der Waals surface area contributed by atoms with E-state index in [-0.39, 0.29) is 0 Å². The number of hydrogen-bond donors (Lipinski definition) is 0. The topological polar surface area (TPSA) is 64.7 Å². The quantitative estimate of drug-likeness (QED) is 0.697. The minimum absolute atomic E-state index is 0.303. The summed E-state index contributed by atoms with van der Waals surface area (Å²) in [6, 6.07) is 7.35. The van der Waals surface area contributed by atoms with Gasteiger partial charge in [-0.15, -0.1) is 10.2 Å². The molecular formula is C13H11ClN4OS2. The second-order valence-corrected chi connectivity index (χ2v) is 6.89. The third-order valence-corrected chi connectivity index (χ3v) is 4.56. The Balaban J connectivity index is 1.80. The third kappa shape index (κ3) is 3.25. The summed E-state index contributed by atoms with van der Waals surface area (Å²) in [5.74, 6) is 1.53. The highest BCUT2D eigenvalue weighted by molar-refractivity contribution is 8.00. The summed E-state index contributed by atoms with van der Waals surface area (Å²) in [6.45, 7) is 4.11. The summed E-state index contributed by atoms with van der Waals surface area (Å²) in [4.78, 5) is 4.42. The largest absolute Gasteiger partial charge is 0.411 e. The monoisotopic (exact) mass is 338 g/mol. The molecule has 0 aliphatic rings. The van der Waals surface area contributed by atoms with E-state index >= 15 is 0 Å². The highest BCUT2D eigenvalue weighted by atomic mass is 35.5. The smallest absolute Gasteiger partial charge is 0.284 e. The fourth-order valence-electron chi connectivity index (χ4n) is 1.57. The molecule has 108 valence electrons. The van der Waals surface area contributed by atoms with Gasteiger partial charge < -0.3 is 4.42 Å². The fraction of sp³-hybridized carbons (Fsp3) is 0.231. The number of benzene rings is 1. The van der Waals surface area contributed by atoms with Crippen LogP contribution < -0.4 is 0 Å². The number of hydrogen-bond acceptors (Lipinski definition) is 7. The summed E-state index contributed by atoms with van der Waals surface area (Å²) < 4.78 is 10.7. The van der Waals surface area contributed by atoms with E-state index in [4.69, 9.17) is 16.0 Å². The summed E-state index contributed by atoms with van der Waals surface area (Å²) in [5.41, 5.74) is 0.721. The minimum atomic E-state index is 0.303. The van der Waals surface area contributed by atoms with Gasteiger partial charge in [0.2, 0.25) is 5.89 Å². The Bertz CT molecular complexity index is 756. The lowest BCUT2D eigenvalue weighted by molar-refractivity contribution is 0.466. The summed E-state index contributed by atoms with van der Waals surface area (Å²) in [6.07, 6.45) is 0.